The lowest BCUT2D eigenvalue weighted by Crippen LogP contribution is -2.42. The second-order valence-electron chi connectivity index (χ2n) is 9.46. The molecule has 16 heteroatoms. The van der Waals surface area contributed by atoms with Crippen molar-refractivity contribution in [2.75, 3.05) is 37.4 Å². The molecule has 14 nitrogen and oxygen atoms in total. The van der Waals surface area contributed by atoms with Crippen LogP contribution in [0.1, 0.15) is 33.9 Å². The summed E-state index contributed by atoms with van der Waals surface area (Å²) in [6, 6.07) is 7.10. The second kappa shape index (κ2) is 12.6. The van der Waals surface area contributed by atoms with Crippen molar-refractivity contribution < 1.29 is 37.7 Å². The van der Waals surface area contributed by atoms with Crippen molar-refractivity contribution in [2.24, 2.45) is 0 Å². The summed E-state index contributed by atoms with van der Waals surface area (Å²) in [5.74, 6) is -0.0258. The van der Waals surface area contributed by atoms with E-state index in [1.165, 1.54) is 31.9 Å². The number of alkyl halides is 1. The number of aliphatic hydroxyl groups is 1. The maximum Gasteiger partial charge on any atom is 0.693 e. The van der Waals surface area contributed by atoms with Crippen molar-refractivity contribution in [3.8, 4) is 5.75 Å². The number of benzene rings is 1. The summed E-state index contributed by atoms with van der Waals surface area (Å²) >= 11 is 0. The zero-order valence-corrected chi connectivity index (χ0v) is 24.3. The van der Waals surface area contributed by atoms with Crippen molar-refractivity contribution >= 4 is 37.1 Å². The Morgan fingerprint density at radius 3 is 2.61 bits per heavy atom. The Labute approximate surface area is 237 Å². The molecule has 3 aromatic rings. The average molecular weight is 595 g/mol. The summed E-state index contributed by atoms with van der Waals surface area (Å²) in [5, 5.41) is 10.9. The fraction of sp³-hybridized carbons (Fsp3) is 0.520. The minimum absolute atomic E-state index is 0.0326. The standard InChI is InChI=1S/C25H34FN7O7P/c1-6-31(7-2)20-18-21(30-24(27)29-20)32(14-28-18)23-25(4,26)19(34)17(39-23)13-38-33(15(3)22(35)37-5)41(36)40-16-11-9-8-10-12-16/h8-12,14-15,17,19,23,34H,6-7,13H2,1-5H3,(H2,27,29,30)/q+1/t15-,17+,19+,23+,25+/m0/s1. The third kappa shape index (κ3) is 6.09. The highest BCUT2D eigenvalue weighted by atomic mass is 31.1. The van der Waals surface area contributed by atoms with Crippen LogP contribution in [0.2, 0.25) is 0 Å². The first kappa shape index (κ1) is 30.5. The fourth-order valence-corrected chi connectivity index (χ4v) is 5.43. The molecular formula is C25H34FN7O7P+. The maximum absolute atomic E-state index is 16.1. The van der Waals surface area contributed by atoms with Crippen LogP contribution in [0.5, 0.6) is 5.75 Å². The van der Waals surface area contributed by atoms with Gasteiger partial charge in [-0.25, -0.2) is 13.9 Å². The maximum atomic E-state index is 16.1. The van der Waals surface area contributed by atoms with Crippen LogP contribution in [0.15, 0.2) is 36.7 Å². The number of aromatic nitrogens is 4. The number of halogens is 1. The number of hydrogen-bond acceptors (Lipinski definition) is 12. The molecule has 1 fully saturated rings. The van der Waals surface area contributed by atoms with E-state index in [1.54, 1.807) is 30.3 Å². The van der Waals surface area contributed by atoms with E-state index in [9.17, 15) is 14.5 Å². The molecule has 2 aromatic heterocycles. The van der Waals surface area contributed by atoms with Crippen molar-refractivity contribution in [3.63, 3.8) is 0 Å². The summed E-state index contributed by atoms with van der Waals surface area (Å²) < 4.78 is 46.6. The minimum Gasteiger partial charge on any atom is -0.468 e. The first-order valence-electron chi connectivity index (χ1n) is 13.0. The van der Waals surface area contributed by atoms with E-state index in [1.807, 2.05) is 18.7 Å². The molecule has 1 saturated heterocycles. The first-order chi connectivity index (χ1) is 19.5. The summed E-state index contributed by atoms with van der Waals surface area (Å²) in [7, 11) is -1.60. The van der Waals surface area contributed by atoms with Crippen molar-refractivity contribution in [2.45, 2.75) is 57.8 Å². The van der Waals surface area contributed by atoms with Crippen molar-refractivity contribution in [1.82, 2.24) is 24.4 Å². The SMILES string of the molecule is CCN(CC)c1nc(N)nc2c1ncn2[C@@H]1O[C@H](CON([C@@H](C)C(=O)OC)[P+](=O)Oc2ccccc2)[C@@H](O)[C@@]1(C)F. The molecule has 0 spiro atoms. The Bertz CT molecular complexity index is 1380. The van der Waals surface area contributed by atoms with Crippen LogP contribution in [0.25, 0.3) is 11.2 Å². The zero-order chi connectivity index (χ0) is 29.9. The van der Waals surface area contributed by atoms with Crippen LogP contribution in [-0.4, -0.2) is 86.2 Å². The molecule has 4 rings (SSSR count). The van der Waals surface area contributed by atoms with Gasteiger partial charge in [0.2, 0.25) is 5.95 Å². The smallest absolute Gasteiger partial charge is 0.468 e. The van der Waals surface area contributed by atoms with Gasteiger partial charge in [-0.15, -0.1) is 0 Å². The van der Waals surface area contributed by atoms with Gasteiger partial charge in [0.05, 0.1) is 18.3 Å². The Morgan fingerprint density at radius 1 is 1.29 bits per heavy atom. The van der Waals surface area contributed by atoms with Gasteiger partial charge in [-0.1, -0.05) is 18.2 Å². The van der Waals surface area contributed by atoms with E-state index in [0.29, 0.717) is 24.4 Å². The largest absolute Gasteiger partial charge is 0.693 e. The fourth-order valence-electron chi connectivity index (χ4n) is 4.51. The molecule has 1 aliphatic heterocycles. The molecule has 1 aromatic carbocycles. The van der Waals surface area contributed by atoms with Crippen LogP contribution in [0, 0.1) is 0 Å². The number of carbonyl (C=O) groups is 1. The quantitative estimate of drug-likeness (QED) is 0.179. The molecule has 3 N–H and O–H groups in total. The predicted molar refractivity (Wildman–Crippen MR) is 147 cm³/mol. The van der Waals surface area contributed by atoms with Crippen LogP contribution in [0.3, 0.4) is 0 Å². The number of hydrogen-bond donors (Lipinski definition) is 2. The highest BCUT2D eigenvalue weighted by Crippen LogP contribution is 2.43. The molecule has 222 valence electrons. The molecule has 1 aliphatic rings. The van der Waals surface area contributed by atoms with E-state index in [0.717, 1.165) is 4.83 Å². The van der Waals surface area contributed by atoms with E-state index in [2.05, 4.69) is 15.0 Å². The van der Waals surface area contributed by atoms with Gasteiger partial charge in [0, 0.05) is 17.7 Å². The third-order valence-electron chi connectivity index (χ3n) is 6.79. The lowest BCUT2D eigenvalue weighted by atomic mass is 9.98. The number of fused-ring (bicyclic) bond motifs is 1. The lowest BCUT2D eigenvalue weighted by molar-refractivity contribution is -0.179. The van der Waals surface area contributed by atoms with Gasteiger partial charge in [-0.2, -0.15) is 9.97 Å². The van der Waals surface area contributed by atoms with Gasteiger partial charge < -0.3 is 25.2 Å². The van der Waals surface area contributed by atoms with Crippen LogP contribution in [0.4, 0.5) is 16.2 Å². The highest BCUT2D eigenvalue weighted by Gasteiger charge is 2.56. The molecule has 0 bridgehead atoms. The molecule has 0 aliphatic carbocycles. The molecule has 0 amide bonds. The second-order valence-corrected chi connectivity index (χ2v) is 10.5. The van der Waals surface area contributed by atoms with E-state index in [4.69, 9.17) is 24.6 Å². The van der Waals surface area contributed by atoms with Gasteiger partial charge >= 0.3 is 14.1 Å². The molecule has 0 saturated carbocycles. The number of rotatable bonds is 12. The number of esters is 1. The molecule has 1 unspecified atom stereocenters. The number of imidazole rings is 1. The number of carbonyl (C=O) groups excluding carboxylic acids is 1. The highest BCUT2D eigenvalue weighted by molar-refractivity contribution is 7.36. The number of para-hydroxylation sites is 1. The monoisotopic (exact) mass is 594 g/mol. The van der Waals surface area contributed by atoms with E-state index >= 15 is 4.39 Å². The number of nitrogens with two attached hydrogens (primary N) is 1. The zero-order valence-electron chi connectivity index (χ0n) is 23.4. The molecule has 3 heterocycles. The van der Waals surface area contributed by atoms with Crippen molar-refractivity contribution in [3.05, 3.63) is 36.7 Å². The third-order valence-corrected chi connectivity index (χ3v) is 7.94. The Balaban J connectivity index is 1.58. The predicted octanol–water partition coefficient (Wildman–Crippen LogP) is 2.77. The van der Waals surface area contributed by atoms with Gasteiger partial charge in [0.1, 0.15) is 18.8 Å². The Morgan fingerprint density at radius 2 is 1.98 bits per heavy atom. The molecular weight excluding hydrogens is 560 g/mol. The normalized spacial score (nSPS) is 23.5. The number of anilines is 2. The van der Waals surface area contributed by atoms with Gasteiger partial charge in [-0.05, 0) is 39.8 Å². The van der Waals surface area contributed by atoms with E-state index < -0.39 is 50.9 Å². The van der Waals surface area contributed by atoms with Crippen LogP contribution >= 0.6 is 8.18 Å². The molecule has 41 heavy (non-hydrogen) atoms. The first-order valence-corrected chi connectivity index (χ1v) is 14.1. The van der Waals surface area contributed by atoms with Gasteiger partial charge in [0.25, 0.3) is 0 Å². The molecule has 6 atom stereocenters. The number of methoxy groups -OCH3 is 1. The summed E-state index contributed by atoms with van der Waals surface area (Å²) in [6.45, 7) is 7.26. The van der Waals surface area contributed by atoms with Crippen LogP contribution in [-0.2, 0) is 23.7 Å². The van der Waals surface area contributed by atoms with Gasteiger partial charge in [-0.3, -0.25) is 14.2 Å². The Hall–Kier alpha value is -3.49. The topological polar surface area (TPSA) is 167 Å². The summed E-state index contributed by atoms with van der Waals surface area (Å²) in [4.78, 5) is 33.6. The van der Waals surface area contributed by atoms with E-state index in [-0.39, 0.29) is 17.3 Å². The average Bonchev–Trinajstić information content (AvgIpc) is 3.46. The number of hydroxylamine groups is 1. The summed E-state index contributed by atoms with van der Waals surface area (Å²) in [5.41, 5.74) is 4.26. The minimum atomic E-state index is -2.77. The number of nitrogens with zero attached hydrogens (tertiary/aromatic N) is 6. The molecule has 0 radical (unpaired) electrons. The van der Waals surface area contributed by atoms with Crippen molar-refractivity contribution in [1.29, 1.82) is 0 Å². The number of nitrogen functional groups attached to an aromatic ring is 1. The summed E-state index contributed by atoms with van der Waals surface area (Å²) in [6.07, 6.45) is -2.97. The van der Waals surface area contributed by atoms with Gasteiger partial charge in [0.15, 0.2) is 40.7 Å². The number of ether oxygens (including phenoxy) is 2. The number of aliphatic hydroxyl groups excluding tert-OH is 1. The lowest BCUT2D eigenvalue weighted by Gasteiger charge is -2.25. The Kier molecular flexibility index (Phi) is 9.34. The van der Waals surface area contributed by atoms with Crippen LogP contribution < -0.4 is 15.2 Å².